The summed E-state index contributed by atoms with van der Waals surface area (Å²) >= 11 is 0. The van der Waals surface area contributed by atoms with Crippen LogP contribution >= 0.6 is 0 Å². The van der Waals surface area contributed by atoms with Crippen LogP contribution in [-0.2, 0) is 4.79 Å². The second kappa shape index (κ2) is 6.60. The number of rotatable bonds is 4. The number of fused-ring (bicyclic) bond motifs is 1. The summed E-state index contributed by atoms with van der Waals surface area (Å²) in [4.78, 5) is 24.9. The Hall–Kier alpha value is -2.05. The monoisotopic (exact) mass is 319 g/mol. The number of amides is 1. The second-order valence-corrected chi connectivity index (χ2v) is 6.31. The zero-order valence-corrected chi connectivity index (χ0v) is 13.9. The molecule has 0 bridgehead atoms. The van der Waals surface area contributed by atoms with Crippen molar-refractivity contribution in [1.82, 2.24) is 14.9 Å². The van der Waals surface area contributed by atoms with E-state index in [9.17, 15) is 4.79 Å². The fourth-order valence-corrected chi connectivity index (χ4v) is 3.79. The molecule has 0 saturated carbocycles. The van der Waals surface area contributed by atoms with Gasteiger partial charge in [0.05, 0.1) is 7.11 Å². The Balaban J connectivity index is 1.75. The van der Waals surface area contributed by atoms with E-state index in [1.807, 2.05) is 6.07 Å². The molecular weight excluding hydrogens is 294 g/mol. The molecule has 7 heteroatoms. The number of likely N-dealkylation sites (tertiary alicyclic amines) is 1. The van der Waals surface area contributed by atoms with Crippen molar-refractivity contribution >= 4 is 17.7 Å². The number of ether oxygens (including phenoxy) is 1. The van der Waals surface area contributed by atoms with Gasteiger partial charge >= 0.3 is 0 Å². The predicted octanol–water partition coefficient (Wildman–Crippen LogP) is 1.29. The van der Waals surface area contributed by atoms with Crippen LogP contribution in [0.15, 0.2) is 6.07 Å². The normalized spacial score (nSPS) is 24.5. The van der Waals surface area contributed by atoms with Crippen molar-refractivity contribution in [2.75, 3.05) is 37.4 Å². The molecule has 1 amide bonds. The van der Waals surface area contributed by atoms with E-state index in [0.29, 0.717) is 30.2 Å². The van der Waals surface area contributed by atoms with Gasteiger partial charge in [-0.25, -0.2) is 0 Å². The molecule has 0 aromatic carbocycles. The minimum Gasteiger partial charge on any atom is -0.481 e. The third-order valence-corrected chi connectivity index (χ3v) is 4.85. The molecule has 0 unspecified atom stereocenters. The fourth-order valence-electron chi connectivity index (χ4n) is 3.79. The van der Waals surface area contributed by atoms with E-state index < -0.39 is 0 Å². The van der Waals surface area contributed by atoms with Crippen LogP contribution in [0.2, 0.25) is 0 Å². The number of carbonyl (C=O) groups is 1. The first kappa shape index (κ1) is 15.8. The van der Waals surface area contributed by atoms with E-state index in [2.05, 4.69) is 26.7 Å². The third-order valence-electron chi connectivity index (χ3n) is 4.85. The van der Waals surface area contributed by atoms with E-state index in [-0.39, 0.29) is 5.95 Å². The number of aromatic nitrogens is 2. The van der Waals surface area contributed by atoms with Crippen LogP contribution in [-0.4, -0.2) is 53.6 Å². The summed E-state index contributed by atoms with van der Waals surface area (Å²) in [5, 5.41) is 0. The van der Waals surface area contributed by atoms with Gasteiger partial charge in [-0.15, -0.1) is 0 Å². The lowest BCUT2D eigenvalue weighted by Gasteiger charge is -2.47. The summed E-state index contributed by atoms with van der Waals surface area (Å²) in [6, 6.07) is 2.20. The second-order valence-electron chi connectivity index (χ2n) is 6.31. The number of carbonyl (C=O) groups excluding carboxylic acids is 1. The van der Waals surface area contributed by atoms with Crippen LogP contribution in [0.4, 0.5) is 11.8 Å². The average molecular weight is 319 g/mol. The van der Waals surface area contributed by atoms with Crippen molar-refractivity contribution in [1.29, 1.82) is 0 Å². The molecule has 126 valence electrons. The Morgan fingerprint density at radius 2 is 2.22 bits per heavy atom. The fraction of sp³-hybridized carbons (Fsp3) is 0.688. The Morgan fingerprint density at radius 3 is 2.96 bits per heavy atom. The molecule has 2 fully saturated rings. The molecule has 1 aromatic rings. The van der Waals surface area contributed by atoms with Crippen LogP contribution < -0.4 is 15.4 Å². The highest BCUT2D eigenvalue weighted by molar-refractivity contribution is 5.77. The van der Waals surface area contributed by atoms with E-state index in [1.165, 1.54) is 0 Å². The number of hydrogen-bond acceptors (Lipinski definition) is 6. The van der Waals surface area contributed by atoms with Crippen LogP contribution in [0, 0.1) is 5.92 Å². The topological polar surface area (TPSA) is 84.6 Å². The molecule has 2 aliphatic rings. The zero-order valence-electron chi connectivity index (χ0n) is 13.9. The third kappa shape index (κ3) is 3.18. The largest absolute Gasteiger partial charge is 0.481 e. The van der Waals surface area contributed by atoms with Gasteiger partial charge < -0.3 is 20.3 Å². The summed E-state index contributed by atoms with van der Waals surface area (Å²) in [6.07, 6.45) is 3.60. The first-order valence-electron chi connectivity index (χ1n) is 8.35. The number of piperidine rings is 2. The molecule has 2 saturated heterocycles. The molecular formula is C16H25N5O2. The van der Waals surface area contributed by atoms with Gasteiger partial charge in [0, 0.05) is 38.2 Å². The minimum absolute atomic E-state index is 0.230. The number of anilines is 2. The first-order valence-corrected chi connectivity index (χ1v) is 8.35. The summed E-state index contributed by atoms with van der Waals surface area (Å²) < 4.78 is 5.19. The van der Waals surface area contributed by atoms with Gasteiger partial charge in [0.2, 0.25) is 17.7 Å². The summed E-state index contributed by atoms with van der Waals surface area (Å²) in [7, 11) is 1.58. The molecule has 3 heterocycles. The van der Waals surface area contributed by atoms with Crippen molar-refractivity contribution in [3.63, 3.8) is 0 Å². The summed E-state index contributed by atoms with van der Waals surface area (Å²) in [6.45, 7) is 4.77. The first-order chi connectivity index (χ1) is 11.1. The zero-order chi connectivity index (χ0) is 16.4. The Kier molecular flexibility index (Phi) is 4.54. The van der Waals surface area contributed by atoms with Gasteiger partial charge in [0.25, 0.3) is 0 Å². The van der Waals surface area contributed by atoms with Crippen LogP contribution in [0.5, 0.6) is 5.88 Å². The molecule has 2 atom stereocenters. The minimum atomic E-state index is 0.230. The number of nitrogens with two attached hydrogens (primary N) is 1. The van der Waals surface area contributed by atoms with Crippen LogP contribution in [0.25, 0.3) is 0 Å². The van der Waals surface area contributed by atoms with Crippen molar-refractivity contribution in [3.05, 3.63) is 6.07 Å². The lowest BCUT2D eigenvalue weighted by molar-refractivity contribution is -0.139. The lowest BCUT2D eigenvalue weighted by atomic mass is 9.83. The molecule has 23 heavy (non-hydrogen) atoms. The maximum absolute atomic E-state index is 12.2. The quantitative estimate of drug-likeness (QED) is 0.900. The number of nitrogen functional groups attached to an aromatic ring is 1. The Bertz CT molecular complexity index is 580. The van der Waals surface area contributed by atoms with Gasteiger partial charge in [0.1, 0.15) is 5.82 Å². The van der Waals surface area contributed by atoms with Gasteiger partial charge in [-0.2, -0.15) is 9.97 Å². The standard InChI is InChI=1S/C16H25N5O2/c1-3-7-21-12-6-8-20(10-11(12)4-5-15(21)22)13-9-14(23-2)19-16(17)18-13/h9,11-12H,3-8,10H2,1-2H3,(H2,17,18,19)/t11-,12+/m0/s1. The van der Waals surface area contributed by atoms with E-state index >= 15 is 0 Å². The van der Waals surface area contributed by atoms with E-state index in [0.717, 1.165) is 44.7 Å². The number of hydrogen-bond donors (Lipinski definition) is 1. The number of methoxy groups -OCH3 is 1. The highest BCUT2D eigenvalue weighted by atomic mass is 16.5. The van der Waals surface area contributed by atoms with Gasteiger partial charge in [-0.05, 0) is 25.2 Å². The predicted molar refractivity (Wildman–Crippen MR) is 88.3 cm³/mol. The van der Waals surface area contributed by atoms with E-state index in [1.54, 1.807) is 7.11 Å². The van der Waals surface area contributed by atoms with Crippen LogP contribution in [0.3, 0.4) is 0 Å². The summed E-state index contributed by atoms with van der Waals surface area (Å²) in [5.74, 6) is 2.34. The molecule has 2 aliphatic heterocycles. The maximum Gasteiger partial charge on any atom is 0.225 e. The Labute approximate surface area is 136 Å². The van der Waals surface area contributed by atoms with Crippen molar-refractivity contribution in [2.24, 2.45) is 5.92 Å². The lowest BCUT2D eigenvalue weighted by Crippen LogP contribution is -2.56. The van der Waals surface area contributed by atoms with Crippen molar-refractivity contribution in [2.45, 2.75) is 38.6 Å². The maximum atomic E-state index is 12.2. The van der Waals surface area contributed by atoms with Crippen molar-refractivity contribution in [3.8, 4) is 5.88 Å². The van der Waals surface area contributed by atoms with Crippen molar-refractivity contribution < 1.29 is 9.53 Å². The van der Waals surface area contributed by atoms with Gasteiger partial charge in [-0.1, -0.05) is 6.92 Å². The van der Waals surface area contributed by atoms with E-state index in [4.69, 9.17) is 10.5 Å². The van der Waals surface area contributed by atoms with Gasteiger partial charge in [0.15, 0.2) is 0 Å². The average Bonchev–Trinajstić information content (AvgIpc) is 2.56. The Morgan fingerprint density at radius 1 is 1.39 bits per heavy atom. The highest BCUT2D eigenvalue weighted by Crippen LogP contribution is 2.33. The number of nitrogens with zero attached hydrogens (tertiary/aromatic N) is 4. The molecule has 0 spiro atoms. The molecule has 0 radical (unpaired) electrons. The molecule has 3 rings (SSSR count). The van der Waals surface area contributed by atoms with Crippen LogP contribution in [0.1, 0.15) is 32.6 Å². The molecule has 1 aromatic heterocycles. The highest BCUT2D eigenvalue weighted by Gasteiger charge is 2.39. The van der Waals surface area contributed by atoms with Gasteiger partial charge in [-0.3, -0.25) is 4.79 Å². The SMILES string of the molecule is CCCN1C(=O)CC[C@H]2CN(c3cc(OC)nc(N)n3)CC[C@H]21. The smallest absolute Gasteiger partial charge is 0.225 e. The summed E-state index contributed by atoms with van der Waals surface area (Å²) in [5.41, 5.74) is 5.77. The molecule has 0 aliphatic carbocycles. The molecule has 2 N–H and O–H groups in total. The molecule has 7 nitrogen and oxygen atoms in total.